The quantitative estimate of drug-likeness (QED) is 0.675. The first kappa shape index (κ1) is 18.4. The topological polar surface area (TPSA) is 110 Å². The van der Waals surface area contributed by atoms with Crippen molar-refractivity contribution in [3.8, 4) is 5.75 Å². The molecule has 7 nitrogen and oxygen atoms in total. The molecular weight excluding hydrogens is 327 g/mol. The maximum Gasteiger partial charge on any atom is 0.272 e. The van der Waals surface area contributed by atoms with Gasteiger partial charge in [-0.1, -0.05) is 26.0 Å². The molecule has 134 valence electrons. The summed E-state index contributed by atoms with van der Waals surface area (Å²) < 4.78 is 18.8. The van der Waals surface area contributed by atoms with Crippen LogP contribution in [0, 0.1) is 11.7 Å². The van der Waals surface area contributed by atoms with E-state index in [2.05, 4.69) is 15.5 Å². The Morgan fingerprint density at radius 1 is 1.36 bits per heavy atom. The minimum Gasteiger partial charge on any atom is -0.484 e. The van der Waals surface area contributed by atoms with Crippen molar-refractivity contribution in [1.29, 1.82) is 0 Å². The van der Waals surface area contributed by atoms with Gasteiger partial charge in [-0.25, -0.2) is 4.39 Å². The largest absolute Gasteiger partial charge is 0.484 e. The second-order valence-corrected chi connectivity index (χ2v) is 6.06. The molecule has 1 heterocycles. The van der Waals surface area contributed by atoms with Gasteiger partial charge in [0.25, 0.3) is 5.91 Å². The maximum absolute atomic E-state index is 13.5. The molecule has 0 unspecified atom stereocenters. The van der Waals surface area contributed by atoms with Gasteiger partial charge in [0.15, 0.2) is 11.6 Å². The van der Waals surface area contributed by atoms with Crippen molar-refractivity contribution in [2.45, 2.75) is 32.9 Å². The highest BCUT2D eigenvalue weighted by Crippen LogP contribution is 2.17. The highest BCUT2D eigenvalue weighted by atomic mass is 19.1. The van der Waals surface area contributed by atoms with E-state index >= 15 is 0 Å². The number of halogens is 1. The molecule has 2 amide bonds. The van der Waals surface area contributed by atoms with Crippen LogP contribution in [0.25, 0.3) is 0 Å². The Kier molecular flexibility index (Phi) is 6.10. The Morgan fingerprint density at radius 2 is 2.08 bits per heavy atom. The van der Waals surface area contributed by atoms with Gasteiger partial charge in [-0.2, -0.15) is 5.10 Å². The Morgan fingerprint density at radius 3 is 2.72 bits per heavy atom. The minimum absolute atomic E-state index is 0.0203. The van der Waals surface area contributed by atoms with Crippen LogP contribution in [0.15, 0.2) is 30.3 Å². The van der Waals surface area contributed by atoms with E-state index in [0.29, 0.717) is 12.1 Å². The molecule has 4 N–H and O–H groups in total. The summed E-state index contributed by atoms with van der Waals surface area (Å²) in [5.74, 6) is -1.29. The van der Waals surface area contributed by atoms with Crippen LogP contribution >= 0.6 is 0 Å². The van der Waals surface area contributed by atoms with Crippen molar-refractivity contribution in [3.63, 3.8) is 0 Å². The highest BCUT2D eigenvalue weighted by Gasteiger charge is 2.21. The minimum atomic E-state index is -0.762. The summed E-state index contributed by atoms with van der Waals surface area (Å²) in [4.78, 5) is 23.6. The summed E-state index contributed by atoms with van der Waals surface area (Å²) in [7, 11) is 0. The Labute approximate surface area is 144 Å². The maximum atomic E-state index is 13.5. The average molecular weight is 348 g/mol. The zero-order valence-corrected chi connectivity index (χ0v) is 14.1. The lowest BCUT2D eigenvalue weighted by Crippen LogP contribution is -2.45. The van der Waals surface area contributed by atoms with Crippen LogP contribution in [0.1, 0.15) is 36.5 Å². The van der Waals surface area contributed by atoms with Crippen LogP contribution in [0.5, 0.6) is 5.75 Å². The lowest BCUT2D eigenvalue weighted by Gasteiger charge is -2.16. The predicted molar refractivity (Wildman–Crippen MR) is 89.2 cm³/mol. The smallest absolute Gasteiger partial charge is 0.272 e. The summed E-state index contributed by atoms with van der Waals surface area (Å²) >= 11 is 0. The number of hydrogen-bond acceptors (Lipinski definition) is 4. The fourth-order valence-corrected chi connectivity index (χ4v) is 2.22. The first-order valence-corrected chi connectivity index (χ1v) is 7.88. The van der Waals surface area contributed by atoms with Crippen molar-refractivity contribution in [2.24, 2.45) is 11.7 Å². The standard InChI is InChI=1S/C17H21FN4O3/c1-10(2)7-13(16(19)23)20-17(24)14-8-11(21-22-14)9-25-15-6-4-3-5-12(15)18/h3-6,8,10,13H,7,9H2,1-2H3,(H2,19,23)(H,20,24)(H,21,22)/t13-/m1/s1. The van der Waals surface area contributed by atoms with E-state index in [1.54, 1.807) is 12.1 Å². The molecular formula is C17H21FN4O3. The van der Waals surface area contributed by atoms with Gasteiger partial charge in [-0.15, -0.1) is 0 Å². The number of nitrogens with one attached hydrogen (secondary N) is 2. The van der Waals surface area contributed by atoms with Crippen molar-refractivity contribution in [2.75, 3.05) is 0 Å². The summed E-state index contributed by atoms with van der Waals surface area (Å²) in [5, 5.41) is 9.09. The SMILES string of the molecule is CC(C)C[C@@H](NC(=O)c1cc(COc2ccccc2F)[nH]n1)C(N)=O. The van der Waals surface area contributed by atoms with Crippen LogP contribution in [-0.2, 0) is 11.4 Å². The molecule has 1 aromatic heterocycles. The second-order valence-electron chi connectivity index (χ2n) is 6.06. The predicted octanol–water partition coefficient (Wildman–Crippen LogP) is 1.76. The van der Waals surface area contributed by atoms with Crippen LogP contribution in [0.3, 0.4) is 0 Å². The number of nitrogens with zero attached hydrogens (tertiary/aromatic N) is 1. The normalized spacial score (nSPS) is 12.0. The Hall–Kier alpha value is -2.90. The van der Waals surface area contributed by atoms with Gasteiger partial charge in [-0.05, 0) is 30.5 Å². The van der Waals surface area contributed by atoms with Gasteiger partial charge in [-0.3, -0.25) is 14.7 Å². The van der Waals surface area contributed by atoms with E-state index < -0.39 is 23.7 Å². The number of nitrogens with two attached hydrogens (primary N) is 1. The zero-order valence-electron chi connectivity index (χ0n) is 14.1. The molecule has 0 bridgehead atoms. The Balaban J connectivity index is 1.96. The third-order valence-electron chi connectivity index (χ3n) is 3.44. The first-order valence-electron chi connectivity index (χ1n) is 7.88. The van der Waals surface area contributed by atoms with Crippen molar-refractivity contribution in [3.05, 3.63) is 47.5 Å². The van der Waals surface area contributed by atoms with E-state index in [1.165, 1.54) is 18.2 Å². The van der Waals surface area contributed by atoms with Gasteiger partial charge in [0, 0.05) is 0 Å². The van der Waals surface area contributed by atoms with E-state index in [-0.39, 0.29) is 24.0 Å². The number of primary amides is 1. The summed E-state index contributed by atoms with van der Waals surface area (Å²) in [5.41, 5.74) is 5.90. The zero-order chi connectivity index (χ0) is 18.4. The molecule has 8 heteroatoms. The lowest BCUT2D eigenvalue weighted by atomic mass is 10.0. The number of carbonyl (C=O) groups is 2. The fourth-order valence-electron chi connectivity index (χ4n) is 2.22. The molecule has 1 aromatic carbocycles. The number of aromatic amines is 1. The molecule has 0 spiro atoms. The molecule has 0 fully saturated rings. The average Bonchev–Trinajstić information content (AvgIpc) is 3.02. The van der Waals surface area contributed by atoms with Crippen molar-refractivity contribution in [1.82, 2.24) is 15.5 Å². The molecule has 2 aromatic rings. The van der Waals surface area contributed by atoms with Gasteiger partial charge in [0.1, 0.15) is 18.3 Å². The number of para-hydroxylation sites is 1. The van der Waals surface area contributed by atoms with E-state index in [1.807, 2.05) is 13.8 Å². The van der Waals surface area contributed by atoms with Gasteiger partial charge in [0.2, 0.25) is 5.91 Å². The van der Waals surface area contributed by atoms with E-state index in [4.69, 9.17) is 10.5 Å². The number of benzene rings is 1. The summed E-state index contributed by atoms with van der Waals surface area (Å²) in [6, 6.07) is 6.73. The number of carbonyl (C=O) groups excluding carboxylic acids is 2. The fraction of sp³-hybridized carbons (Fsp3) is 0.353. The molecule has 0 aliphatic rings. The number of H-pyrrole nitrogens is 1. The molecule has 0 radical (unpaired) electrons. The Bertz CT molecular complexity index is 745. The van der Waals surface area contributed by atoms with Gasteiger partial charge >= 0.3 is 0 Å². The molecule has 25 heavy (non-hydrogen) atoms. The first-order chi connectivity index (χ1) is 11.9. The number of aromatic nitrogens is 2. The van der Waals surface area contributed by atoms with E-state index in [9.17, 15) is 14.0 Å². The summed E-state index contributed by atoms with van der Waals surface area (Å²) in [6.07, 6.45) is 0.439. The monoisotopic (exact) mass is 348 g/mol. The molecule has 0 aliphatic carbocycles. The number of rotatable bonds is 8. The van der Waals surface area contributed by atoms with Crippen LogP contribution in [0.4, 0.5) is 4.39 Å². The molecule has 1 atom stereocenters. The van der Waals surface area contributed by atoms with Gasteiger partial charge < -0.3 is 15.8 Å². The number of ether oxygens (including phenoxy) is 1. The van der Waals surface area contributed by atoms with Crippen molar-refractivity contribution >= 4 is 11.8 Å². The third kappa shape index (κ3) is 5.30. The lowest BCUT2D eigenvalue weighted by molar-refractivity contribution is -0.120. The van der Waals surface area contributed by atoms with E-state index in [0.717, 1.165) is 0 Å². The molecule has 2 rings (SSSR count). The highest BCUT2D eigenvalue weighted by molar-refractivity contribution is 5.95. The van der Waals surface area contributed by atoms with Crippen molar-refractivity contribution < 1.29 is 18.7 Å². The number of amides is 2. The molecule has 0 saturated heterocycles. The van der Waals surface area contributed by atoms with Crippen LogP contribution in [0.2, 0.25) is 0 Å². The number of hydrogen-bond donors (Lipinski definition) is 3. The van der Waals surface area contributed by atoms with Crippen LogP contribution < -0.4 is 15.8 Å². The van der Waals surface area contributed by atoms with Crippen LogP contribution in [-0.4, -0.2) is 28.1 Å². The molecule has 0 saturated carbocycles. The second kappa shape index (κ2) is 8.27. The molecule has 0 aliphatic heterocycles. The summed E-state index contributed by atoms with van der Waals surface area (Å²) in [6.45, 7) is 3.87. The van der Waals surface area contributed by atoms with Gasteiger partial charge in [0.05, 0.1) is 5.69 Å². The third-order valence-corrected chi connectivity index (χ3v) is 3.44.